The van der Waals surface area contributed by atoms with Gasteiger partial charge in [0.05, 0.1) is 11.7 Å². The Morgan fingerprint density at radius 2 is 1.48 bits per heavy atom. The molecule has 0 aliphatic carbocycles. The smallest absolute Gasteiger partial charge is 0.0680 e. The highest BCUT2D eigenvalue weighted by Gasteiger charge is 2.11. The Kier molecular flexibility index (Phi) is 5.06. The number of halogens is 2. The standard InChI is InChI=1S/C22H19Cl2N3/c1-26-22-9-8-21(12-18(22)13-25-26)27(14-16-4-2-6-19(23)10-16)15-17-5-3-7-20(24)11-17/h2-13H,14-15H2,1H3. The summed E-state index contributed by atoms with van der Waals surface area (Å²) in [5.74, 6) is 0. The Bertz CT molecular complexity index is 1040. The van der Waals surface area contributed by atoms with Gasteiger partial charge in [-0.1, -0.05) is 47.5 Å². The van der Waals surface area contributed by atoms with Crippen LogP contribution >= 0.6 is 23.2 Å². The SMILES string of the molecule is Cn1ncc2cc(N(Cc3cccc(Cl)c3)Cc3cccc(Cl)c3)ccc21. The predicted octanol–water partition coefficient (Wildman–Crippen LogP) is 6.09. The van der Waals surface area contributed by atoms with Crippen molar-refractivity contribution in [3.8, 4) is 0 Å². The summed E-state index contributed by atoms with van der Waals surface area (Å²) < 4.78 is 1.89. The van der Waals surface area contributed by atoms with Gasteiger partial charge in [-0.25, -0.2) is 0 Å². The van der Waals surface area contributed by atoms with Crippen molar-refractivity contribution >= 4 is 39.8 Å². The lowest BCUT2D eigenvalue weighted by Crippen LogP contribution is -2.22. The number of fused-ring (bicyclic) bond motifs is 1. The van der Waals surface area contributed by atoms with Gasteiger partial charge in [-0.3, -0.25) is 4.68 Å². The molecule has 0 fully saturated rings. The first kappa shape index (κ1) is 17.9. The average molecular weight is 396 g/mol. The maximum absolute atomic E-state index is 6.19. The molecule has 0 aliphatic heterocycles. The van der Waals surface area contributed by atoms with Crippen LogP contribution in [0.5, 0.6) is 0 Å². The normalized spacial score (nSPS) is 11.1. The molecule has 0 radical (unpaired) electrons. The maximum atomic E-state index is 6.19. The molecule has 27 heavy (non-hydrogen) atoms. The highest BCUT2D eigenvalue weighted by atomic mass is 35.5. The van der Waals surface area contributed by atoms with Gasteiger partial charge in [0.25, 0.3) is 0 Å². The number of anilines is 1. The molecule has 0 amide bonds. The number of nitrogens with zero attached hydrogens (tertiary/aromatic N) is 3. The summed E-state index contributed by atoms with van der Waals surface area (Å²) in [4.78, 5) is 2.32. The van der Waals surface area contributed by atoms with Crippen molar-refractivity contribution < 1.29 is 0 Å². The Morgan fingerprint density at radius 3 is 2.07 bits per heavy atom. The molecule has 3 nitrogen and oxygen atoms in total. The van der Waals surface area contributed by atoms with Crippen molar-refractivity contribution in [1.82, 2.24) is 9.78 Å². The third-order valence-corrected chi connectivity index (χ3v) is 5.09. The van der Waals surface area contributed by atoms with Crippen LogP contribution in [0.3, 0.4) is 0 Å². The number of benzene rings is 3. The summed E-state index contributed by atoms with van der Waals surface area (Å²) in [5.41, 5.74) is 4.58. The van der Waals surface area contributed by atoms with E-state index in [0.29, 0.717) is 0 Å². The van der Waals surface area contributed by atoms with E-state index < -0.39 is 0 Å². The second kappa shape index (κ2) is 7.63. The minimum Gasteiger partial charge on any atom is -0.363 e. The summed E-state index contributed by atoms with van der Waals surface area (Å²) in [6.45, 7) is 1.50. The molecule has 0 spiro atoms. The van der Waals surface area contributed by atoms with Gasteiger partial charge in [0.15, 0.2) is 0 Å². The minimum atomic E-state index is 0.748. The van der Waals surface area contributed by atoms with E-state index in [1.165, 1.54) is 0 Å². The van der Waals surface area contributed by atoms with Crippen LogP contribution in [0.25, 0.3) is 10.9 Å². The highest BCUT2D eigenvalue weighted by molar-refractivity contribution is 6.30. The molecular formula is C22H19Cl2N3. The zero-order valence-corrected chi connectivity index (χ0v) is 16.5. The van der Waals surface area contributed by atoms with E-state index in [1.807, 2.05) is 54.3 Å². The zero-order valence-electron chi connectivity index (χ0n) is 14.9. The van der Waals surface area contributed by atoms with Crippen molar-refractivity contribution in [2.45, 2.75) is 13.1 Å². The van der Waals surface area contributed by atoms with Gasteiger partial charge in [-0.15, -0.1) is 0 Å². The van der Waals surface area contributed by atoms with E-state index in [1.54, 1.807) is 0 Å². The summed E-state index contributed by atoms with van der Waals surface area (Å²) >= 11 is 12.4. The summed E-state index contributed by atoms with van der Waals surface area (Å²) in [6.07, 6.45) is 1.90. The van der Waals surface area contributed by atoms with Gasteiger partial charge >= 0.3 is 0 Å². The lowest BCUT2D eigenvalue weighted by Gasteiger charge is -2.25. The molecule has 0 bridgehead atoms. The molecule has 0 aliphatic rings. The average Bonchev–Trinajstić information content (AvgIpc) is 3.02. The number of rotatable bonds is 5. The van der Waals surface area contributed by atoms with Gasteiger partial charge in [0, 0.05) is 41.3 Å². The van der Waals surface area contributed by atoms with Crippen molar-refractivity contribution in [1.29, 1.82) is 0 Å². The van der Waals surface area contributed by atoms with E-state index in [-0.39, 0.29) is 0 Å². The molecule has 0 saturated heterocycles. The molecule has 5 heteroatoms. The van der Waals surface area contributed by atoms with E-state index in [0.717, 1.165) is 50.9 Å². The molecule has 4 rings (SSSR count). The van der Waals surface area contributed by atoms with Gasteiger partial charge in [0.1, 0.15) is 0 Å². The van der Waals surface area contributed by atoms with Crippen LogP contribution in [0.15, 0.2) is 72.9 Å². The fourth-order valence-electron chi connectivity index (χ4n) is 3.30. The summed E-state index contributed by atoms with van der Waals surface area (Å²) in [5, 5.41) is 6.97. The molecule has 4 aromatic rings. The molecule has 0 N–H and O–H groups in total. The highest BCUT2D eigenvalue weighted by Crippen LogP contribution is 2.26. The van der Waals surface area contributed by atoms with Crippen LogP contribution in [-0.2, 0) is 20.1 Å². The minimum absolute atomic E-state index is 0.748. The number of hydrogen-bond donors (Lipinski definition) is 0. The number of aryl methyl sites for hydroxylation is 1. The summed E-state index contributed by atoms with van der Waals surface area (Å²) in [7, 11) is 1.96. The monoisotopic (exact) mass is 395 g/mol. The molecule has 0 unspecified atom stereocenters. The van der Waals surface area contributed by atoms with E-state index in [4.69, 9.17) is 23.2 Å². The lowest BCUT2D eigenvalue weighted by molar-refractivity contribution is 0.794. The predicted molar refractivity (Wildman–Crippen MR) is 114 cm³/mol. The molecule has 1 aromatic heterocycles. The van der Waals surface area contributed by atoms with Crippen LogP contribution in [0.1, 0.15) is 11.1 Å². The van der Waals surface area contributed by atoms with Crippen LogP contribution < -0.4 is 4.90 Å². The Morgan fingerprint density at radius 1 is 0.852 bits per heavy atom. The first-order valence-electron chi connectivity index (χ1n) is 8.74. The molecule has 136 valence electrons. The van der Waals surface area contributed by atoms with E-state index in [2.05, 4.69) is 40.3 Å². The van der Waals surface area contributed by atoms with E-state index in [9.17, 15) is 0 Å². The first-order chi connectivity index (χ1) is 13.1. The Labute approximate surface area is 168 Å². The summed E-state index contributed by atoms with van der Waals surface area (Å²) in [6, 6.07) is 22.4. The first-order valence-corrected chi connectivity index (χ1v) is 9.50. The second-order valence-corrected chi connectivity index (χ2v) is 7.50. The number of hydrogen-bond acceptors (Lipinski definition) is 2. The fourth-order valence-corrected chi connectivity index (χ4v) is 3.72. The molecule has 0 atom stereocenters. The number of aromatic nitrogens is 2. The van der Waals surface area contributed by atoms with Crippen molar-refractivity contribution in [2.24, 2.45) is 7.05 Å². The molecule has 3 aromatic carbocycles. The molecule has 0 saturated carbocycles. The van der Waals surface area contributed by atoms with Crippen LogP contribution in [0.4, 0.5) is 5.69 Å². The third-order valence-electron chi connectivity index (χ3n) is 4.62. The van der Waals surface area contributed by atoms with E-state index >= 15 is 0 Å². The fraction of sp³-hybridized carbons (Fsp3) is 0.136. The van der Waals surface area contributed by atoms with Gasteiger partial charge in [-0.2, -0.15) is 5.10 Å². The quantitative estimate of drug-likeness (QED) is 0.407. The molecular weight excluding hydrogens is 377 g/mol. The lowest BCUT2D eigenvalue weighted by atomic mass is 10.1. The van der Waals surface area contributed by atoms with Gasteiger partial charge in [0.2, 0.25) is 0 Å². The molecule has 1 heterocycles. The second-order valence-electron chi connectivity index (χ2n) is 6.63. The van der Waals surface area contributed by atoms with Crippen LogP contribution in [0.2, 0.25) is 10.0 Å². The Balaban J connectivity index is 1.71. The third kappa shape index (κ3) is 4.10. The van der Waals surface area contributed by atoms with Gasteiger partial charge < -0.3 is 4.90 Å². The maximum Gasteiger partial charge on any atom is 0.0680 e. The largest absolute Gasteiger partial charge is 0.363 e. The van der Waals surface area contributed by atoms with Crippen LogP contribution in [-0.4, -0.2) is 9.78 Å². The Hall–Kier alpha value is -2.49. The topological polar surface area (TPSA) is 21.1 Å². The van der Waals surface area contributed by atoms with Crippen molar-refractivity contribution in [3.05, 3.63) is 94.1 Å². The van der Waals surface area contributed by atoms with Crippen molar-refractivity contribution in [2.75, 3.05) is 4.90 Å². The van der Waals surface area contributed by atoms with Gasteiger partial charge in [-0.05, 0) is 53.6 Å². The van der Waals surface area contributed by atoms with Crippen molar-refractivity contribution in [3.63, 3.8) is 0 Å². The zero-order chi connectivity index (χ0) is 18.8. The van der Waals surface area contributed by atoms with Crippen LogP contribution in [0, 0.1) is 0 Å².